The number of halogens is 2. The molecule has 1 N–H and O–H groups in total. The van der Waals surface area contributed by atoms with Crippen molar-refractivity contribution in [1.82, 2.24) is 15.1 Å². The minimum Gasteiger partial charge on any atom is -0.446 e. The third kappa shape index (κ3) is 5.06. The fraction of sp³-hybridized carbons (Fsp3) is 0.440. The SMILES string of the molecule is O=C(N[C@@H]1CCN(C2CCN(c3ccccc3[N+](=O)[O-])CC2)C1)N1C(=O)OC[C@@H]1c1ccc(F)c(F)c1. The average molecular weight is 516 g/mol. The van der Waals surface area contributed by atoms with Gasteiger partial charge in [-0.05, 0) is 43.0 Å². The van der Waals surface area contributed by atoms with Crippen LogP contribution in [0.5, 0.6) is 0 Å². The predicted octanol–water partition coefficient (Wildman–Crippen LogP) is 3.82. The summed E-state index contributed by atoms with van der Waals surface area (Å²) in [6, 6.07) is 8.65. The number of benzene rings is 2. The van der Waals surface area contributed by atoms with Crippen molar-refractivity contribution >= 4 is 23.5 Å². The van der Waals surface area contributed by atoms with Crippen LogP contribution in [0.25, 0.3) is 0 Å². The molecule has 3 aliphatic heterocycles. The molecule has 3 fully saturated rings. The second kappa shape index (κ2) is 10.3. The van der Waals surface area contributed by atoms with Crippen LogP contribution in [0.1, 0.15) is 30.9 Å². The van der Waals surface area contributed by atoms with Crippen LogP contribution in [0.3, 0.4) is 0 Å². The zero-order valence-corrected chi connectivity index (χ0v) is 20.0. The minimum atomic E-state index is -1.06. The Morgan fingerprint density at radius 1 is 1.05 bits per heavy atom. The number of piperidine rings is 1. The zero-order valence-electron chi connectivity index (χ0n) is 20.0. The van der Waals surface area contributed by atoms with Crippen molar-refractivity contribution in [2.24, 2.45) is 0 Å². The number of hydrogen-bond acceptors (Lipinski definition) is 7. The number of likely N-dealkylation sites (tertiary alicyclic amines) is 1. The van der Waals surface area contributed by atoms with Gasteiger partial charge in [-0.1, -0.05) is 18.2 Å². The fourth-order valence-electron chi connectivity index (χ4n) is 5.45. The number of nitrogens with zero attached hydrogens (tertiary/aromatic N) is 4. The summed E-state index contributed by atoms with van der Waals surface area (Å²) in [4.78, 5) is 41.5. The molecule has 0 aliphatic carbocycles. The molecular weight excluding hydrogens is 488 g/mol. The van der Waals surface area contributed by atoms with Crippen LogP contribution in [0.4, 0.5) is 29.7 Å². The lowest BCUT2D eigenvalue weighted by molar-refractivity contribution is -0.384. The van der Waals surface area contributed by atoms with Gasteiger partial charge < -0.3 is 15.0 Å². The lowest BCUT2D eigenvalue weighted by atomic mass is 10.0. The highest BCUT2D eigenvalue weighted by molar-refractivity contribution is 5.92. The van der Waals surface area contributed by atoms with Crippen molar-refractivity contribution in [2.75, 3.05) is 37.7 Å². The molecule has 12 heteroatoms. The molecule has 0 spiro atoms. The van der Waals surface area contributed by atoms with E-state index in [1.54, 1.807) is 18.2 Å². The summed E-state index contributed by atoms with van der Waals surface area (Å²) in [7, 11) is 0. The quantitative estimate of drug-likeness (QED) is 0.476. The molecule has 0 aromatic heterocycles. The number of urea groups is 1. The molecule has 0 saturated carbocycles. The Morgan fingerprint density at radius 3 is 2.54 bits per heavy atom. The van der Waals surface area contributed by atoms with Gasteiger partial charge in [-0.15, -0.1) is 0 Å². The highest BCUT2D eigenvalue weighted by Crippen LogP contribution is 2.32. The maximum absolute atomic E-state index is 13.7. The molecule has 5 rings (SSSR count). The second-order valence-electron chi connectivity index (χ2n) is 9.53. The van der Waals surface area contributed by atoms with E-state index in [1.165, 1.54) is 12.1 Å². The first kappa shape index (κ1) is 24.9. The summed E-state index contributed by atoms with van der Waals surface area (Å²) >= 11 is 0. The van der Waals surface area contributed by atoms with Gasteiger partial charge in [0.25, 0.3) is 5.69 Å². The Labute approximate surface area is 211 Å². The largest absolute Gasteiger partial charge is 0.446 e. The van der Waals surface area contributed by atoms with E-state index < -0.39 is 29.8 Å². The van der Waals surface area contributed by atoms with E-state index in [0.717, 1.165) is 36.4 Å². The van der Waals surface area contributed by atoms with Crippen molar-refractivity contribution in [2.45, 2.75) is 37.4 Å². The van der Waals surface area contributed by atoms with E-state index in [4.69, 9.17) is 4.74 Å². The van der Waals surface area contributed by atoms with Gasteiger partial charge in [-0.2, -0.15) is 0 Å². The van der Waals surface area contributed by atoms with Gasteiger partial charge in [0, 0.05) is 44.3 Å². The van der Waals surface area contributed by atoms with Gasteiger partial charge in [0.1, 0.15) is 18.3 Å². The standard InChI is InChI=1S/C25H27F2N5O5/c26-19-6-5-16(13-20(19)27)23-15-37-25(34)31(23)24(33)28-17-7-10-30(14-17)18-8-11-29(12-9-18)21-3-1-2-4-22(21)32(35)36/h1-6,13,17-18,23H,7-12,14-15H2,(H,28,33)/t17-,23-/m1/s1. The Hall–Kier alpha value is -3.80. The number of hydrogen-bond donors (Lipinski definition) is 1. The van der Waals surface area contributed by atoms with E-state index in [1.807, 2.05) is 4.90 Å². The molecule has 196 valence electrons. The minimum absolute atomic E-state index is 0.104. The fourth-order valence-corrected chi connectivity index (χ4v) is 5.45. The molecule has 3 amide bonds. The number of nitrogens with one attached hydrogen (secondary N) is 1. The number of nitro benzene ring substituents is 1. The molecule has 3 heterocycles. The lowest BCUT2D eigenvalue weighted by Crippen LogP contribution is -2.48. The average Bonchev–Trinajstić information content (AvgIpc) is 3.52. The van der Waals surface area contributed by atoms with Crippen LogP contribution >= 0.6 is 0 Å². The predicted molar refractivity (Wildman–Crippen MR) is 129 cm³/mol. The topological polar surface area (TPSA) is 108 Å². The molecule has 0 bridgehead atoms. The monoisotopic (exact) mass is 515 g/mol. The number of carbonyl (C=O) groups is 2. The Bertz CT molecular complexity index is 1210. The number of anilines is 1. The Kier molecular flexibility index (Phi) is 6.92. The first-order valence-electron chi connectivity index (χ1n) is 12.3. The highest BCUT2D eigenvalue weighted by Gasteiger charge is 2.41. The van der Waals surface area contributed by atoms with Crippen molar-refractivity contribution in [3.05, 3.63) is 69.8 Å². The van der Waals surface area contributed by atoms with E-state index in [0.29, 0.717) is 31.7 Å². The van der Waals surface area contributed by atoms with Gasteiger partial charge in [0.05, 0.1) is 4.92 Å². The molecule has 10 nitrogen and oxygen atoms in total. The molecule has 3 saturated heterocycles. The van der Waals surface area contributed by atoms with Crippen molar-refractivity contribution < 1.29 is 28.0 Å². The molecule has 2 aromatic carbocycles. The molecule has 2 aromatic rings. The van der Waals surface area contributed by atoms with E-state index >= 15 is 0 Å². The molecule has 0 radical (unpaired) electrons. The first-order chi connectivity index (χ1) is 17.8. The number of para-hydroxylation sites is 2. The Morgan fingerprint density at radius 2 is 1.81 bits per heavy atom. The number of nitro groups is 1. The highest BCUT2D eigenvalue weighted by atomic mass is 19.2. The summed E-state index contributed by atoms with van der Waals surface area (Å²) in [6.45, 7) is 2.64. The smallest absolute Gasteiger partial charge is 0.418 e. The van der Waals surface area contributed by atoms with Crippen LogP contribution < -0.4 is 10.2 Å². The van der Waals surface area contributed by atoms with Gasteiger partial charge in [-0.3, -0.25) is 15.0 Å². The Balaban J connectivity index is 1.16. The normalized spacial score (nSPS) is 22.8. The number of ether oxygens (including phenoxy) is 1. The summed E-state index contributed by atoms with van der Waals surface area (Å²) in [5.41, 5.74) is 1.01. The first-order valence-corrected chi connectivity index (χ1v) is 12.3. The maximum Gasteiger partial charge on any atom is 0.418 e. The summed E-state index contributed by atoms with van der Waals surface area (Å²) in [5.74, 6) is -2.07. The maximum atomic E-state index is 13.7. The van der Waals surface area contributed by atoms with Crippen LogP contribution in [0.15, 0.2) is 42.5 Å². The summed E-state index contributed by atoms with van der Waals surface area (Å²) in [5, 5.41) is 14.3. The lowest BCUT2D eigenvalue weighted by Gasteiger charge is -2.37. The van der Waals surface area contributed by atoms with E-state index in [9.17, 15) is 28.5 Å². The van der Waals surface area contributed by atoms with Crippen molar-refractivity contribution in [1.29, 1.82) is 0 Å². The third-order valence-electron chi connectivity index (χ3n) is 7.37. The van der Waals surface area contributed by atoms with Crippen LogP contribution in [-0.2, 0) is 4.74 Å². The molecule has 37 heavy (non-hydrogen) atoms. The van der Waals surface area contributed by atoms with Gasteiger partial charge in [0.2, 0.25) is 0 Å². The van der Waals surface area contributed by atoms with Gasteiger partial charge in [-0.25, -0.2) is 23.3 Å². The van der Waals surface area contributed by atoms with Crippen LogP contribution in [-0.4, -0.2) is 71.7 Å². The van der Waals surface area contributed by atoms with Crippen LogP contribution in [0, 0.1) is 21.7 Å². The number of carbonyl (C=O) groups excluding carboxylic acids is 2. The number of cyclic esters (lactones) is 1. The van der Waals surface area contributed by atoms with Crippen LogP contribution in [0.2, 0.25) is 0 Å². The molecule has 2 atom stereocenters. The number of imide groups is 1. The second-order valence-corrected chi connectivity index (χ2v) is 9.53. The third-order valence-corrected chi connectivity index (χ3v) is 7.37. The number of rotatable bonds is 5. The molecule has 3 aliphatic rings. The van der Waals surface area contributed by atoms with E-state index in [2.05, 4.69) is 10.2 Å². The zero-order chi connectivity index (χ0) is 26.1. The van der Waals surface area contributed by atoms with Gasteiger partial charge >= 0.3 is 12.1 Å². The summed E-state index contributed by atoms with van der Waals surface area (Å²) < 4.78 is 32.1. The molecule has 0 unspecified atom stereocenters. The number of amides is 3. The van der Waals surface area contributed by atoms with Gasteiger partial charge in [0.15, 0.2) is 11.6 Å². The van der Waals surface area contributed by atoms with Crippen molar-refractivity contribution in [3.8, 4) is 0 Å². The molecular formula is C25H27F2N5O5. The van der Waals surface area contributed by atoms with E-state index in [-0.39, 0.29) is 34.9 Å². The van der Waals surface area contributed by atoms with Crippen molar-refractivity contribution in [3.63, 3.8) is 0 Å². The summed E-state index contributed by atoms with van der Waals surface area (Å²) in [6.07, 6.45) is 1.55.